The first-order chi connectivity index (χ1) is 20.0. The van der Waals surface area contributed by atoms with Gasteiger partial charge in [0.25, 0.3) is 0 Å². The number of rotatable bonds is 8. The van der Waals surface area contributed by atoms with Gasteiger partial charge in [-0.25, -0.2) is 4.79 Å². The largest absolute Gasteiger partial charge is 0.487 e. The molecule has 1 aliphatic rings. The van der Waals surface area contributed by atoms with Crippen molar-refractivity contribution in [3.8, 4) is 5.75 Å². The van der Waals surface area contributed by atoms with Crippen molar-refractivity contribution in [1.29, 1.82) is 0 Å². The Hall–Kier alpha value is -3.53. The van der Waals surface area contributed by atoms with Crippen LogP contribution in [0.5, 0.6) is 5.75 Å². The molecule has 0 amide bonds. The quantitative estimate of drug-likeness (QED) is 0.269. The average molecular weight is 582 g/mol. The standard InChI is InChI=1S/C39H51NO3/c1-12-42-36(41)27-13-15-30(16-14-27)40-34-22-32-31(25(2)3)17-18-39(10,11)33(32)23-35(34)43-24-26-19-28(37(4,5)6)21-29(20-26)38(7,8)9/h13-17,19-23,25,40H,12,18,24H2,1-11H3. The predicted molar refractivity (Wildman–Crippen MR) is 181 cm³/mol. The Bertz CT molecular complexity index is 1460. The van der Waals surface area contributed by atoms with Crippen molar-refractivity contribution < 1.29 is 14.3 Å². The summed E-state index contributed by atoms with van der Waals surface area (Å²) < 4.78 is 11.9. The molecule has 0 bridgehead atoms. The third kappa shape index (κ3) is 7.52. The molecule has 0 spiro atoms. The second-order valence-electron chi connectivity index (χ2n) is 14.9. The molecular formula is C39H51NO3. The topological polar surface area (TPSA) is 47.6 Å². The number of hydrogen-bond donors (Lipinski definition) is 1. The summed E-state index contributed by atoms with van der Waals surface area (Å²) >= 11 is 0. The number of hydrogen-bond acceptors (Lipinski definition) is 4. The van der Waals surface area contributed by atoms with Gasteiger partial charge in [-0.1, -0.05) is 93.5 Å². The Morgan fingerprint density at radius 2 is 1.51 bits per heavy atom. The van der Waals surface area contributed by atoms with Crippen molar-refractivity contribution in [2.24, 2.45) is 5.92 Å². The highest BCUT2D eigenvalue weighted by atomic mass is 16.5. The fourth-order valence-corrected chi connectivity index (χ4v) is 5.59. The molecule has 230 valence electrons. The molecule has 4 nitrogen and oxygen atoms in total. The summed E-state index contributed by atoms with van der Waals surface area (Å²) in [6.45, 7) is 25.4. The van der Waals surface area contributed by atoms with E-state index in [2.05, 4.69) is 111 Å². The van der Waals surface area contributed by atoms with Crippen LogP contribution in [0, 0.1) is 5.92 Å². The molecule has 1 aliphatic carbocycles. The molecule has 0 atom stereocenters. The van der Waals surface area contributed by atoms with E-state index in [9.17, 15) is 4.79 Å². The Morgan fingerprint density at radius 3 is 2.05 bits per heavy atom. The summed E-state index contributed by atoms with van der Waals surface area (Å²) in [7, 11) is 0. The summed E-state index contributed by atoms with van der Waals surface area (Å²) in [5.41, 5.74) is 10.2. The maximum absolute atomic E-state index is 12.2. The first-order valence-electron chi connectivity index (χ1n) is 15.7. The van der Waals surface area contributed by atoms with E-state index in [1.807, 2.05) is 19.1 Å². The van der Waals surface area contributed by atoms with Crippen molar-refractivity contribution in [3.63, 3.8) is 0 Å². The zero-order chi connectivity index (χ0) is 31.7. The summed E-state index contributed by atoms with van der Waals surface area (Å²) in [6.07, 6.45) is 3.40. The van der Waals surface area contributed by atoms with Crippen LogP contribution in [-0.4, -0.2) is 12.6 Å². The maximum atomic E-state index is 12.2. The van der Waals surface area contributed by atoms with Gasteiger partial charge in [0.15, 0.2) is 0 Å². The number of carbonyl (C=O) groups excluding carboxylic acids is 1. The van der Waals surface area contributed by atoms with Gasteiger partial charge in [0.05, 0.1) is 17.9 Å². The van der Waals surface area contributed by atoms with E-state index in [4.69, 9.17) is 9.47 Å². The second-order valence-corrected chi connectivity index (χ2v) is 14.9. The van der Waals surface area contributed by atoms with Crippen LogP contribution in [0.25, 0.3) is 5.57 Å². The third-order valence-electron chi connectivity index (χ3n) is 8.41. The monoisotopic (exact) mass is 581 g/mol. The van der Waals surface area contributed by atoms with Gasteiger partial charge in [-0.05, 0) is 105 Å². The number of esters is 1. The number of carbonyl (C=O) groups is 1. The van der Waals surface area contributed by atoms with Crippen LogP contribution in [0.2, 0.25) is 0 Å². The van der Waals surface area contributed by atoms with Crippen molar-refractivity contribution >= 4 is 22.9 Å². The molecular weight excluding hydrogens is 530 g/mol. The van der Waals surface area contributed by atoms with E-state index < -0.39 is 0 Å². The molecule has 4 heteroatoms. The van der Waals surface area contributed by atoms with E-state index in [1.165, 1.54) is 33.4 Å². The molecule has 4 rings (SSSR count). The highest BCUT2D eigenvalue weighted by Gasteiger charge is 2.31. The van der Waals surface area contributed by atoms with Crippen LogP contribution in [0.1, 0.15) is 121 Å². The first-order valence-corrected chi connectivity index (χ1v) is 15.7. The molecule has 0 aliphatic heterocycles. The second kappa shape index (κ2) is 12.2. The molecule has 0 saturated carbocycles. The molecule has 0 saturated heterocycles. The van der Waals surface area contributed by atoms with Gasteiger partial charge in [0.1, 0.15) is 12.4 Å². The van der Waals surface area contributed by atoms with Crippen molar-refractivity contribution in [3.05, 3.63) is 94.1 Å². The molecule has 0 fully saturated rings. The fraction of sp³-hybridized carbons (Fsp3) is 0.462. The minimum atomic E-state index is -0.312. The Labute approximate surface area is 259 Å². The summed E-state index contributed by atoms with van der Waals surface area (Å²) in [5.74, 6) is 0.923. The van der Waals surface area contributed by atoms with Crippen LogP contribution >= 0.6 is 0 Å². The Kier molecular flexibility index (Phi) is 9.21. The van der Waals surface area contributed by atoms with E-state index in [1.54, 1.807) is 12.1 Å². The number of ether oxygens (including phenoxy) is 2. The molecule has 0 unspecified atom stereocenters. The minimum absolute atomic E-state index is 0.00277. The van der Waals surface area contributed by atoms with Crippen LogP contribution < -0.4 is 10.1 Å². The van der Waals surface area contributed by atoms with Crippen molar-refractivity contribution in [2.75, 3.05) is 11.9 Å². The van der Waals surface area contributed by atoms with E-state index in [0.717, 1.165) is 23.5 Å². The zero-order valence-corrected chi connectivity index (χ0v) is 28.2. The van der Waals surface area contributed by atoms with Crippen LogP contribution in [0.3, 0.4) is 0 Å². The fourth-order valence-electron chi connectivity index (χ4n) is 5.59. The molecule has 3 aromatic carbocycles. The van der Waals surface area contributed by atoms with E-state index >= 15 is 0 Å². The number of nitrogens with one attached hydrogen (secondary N) is 1. The number of fused-ring (bicyclic) bond motifs is 1. The summed E-state index contributed by atoms with van der Waals surface area (Å²) in [6, 6.07) is 18.9. The van der Waals surface area contributed by atoms with Gasteiger partial charge < -0.3 is 14.8 Å². The third-order valence-corrected chi connectivity index (χ3v) is 8.41. The van der Waals surface area contributed by atoms with Crippen LogP contribution in [0.15, 0.2) is 60.7 Å². The molecule has 0 heterocycles. The normalized spacial score (nSPS) is 14.7. The highest BCUT2D eigenvalue weighted by Crippen LogP contribution is 2.46. The maximum Gasteiger partial charge on any atom is 0.338 e. The van der Waals surface area contributed by atoms with Gasteiger partial charge in [-0.15, -0.1) is 0 Å². The zero-order valence-electron chi connectivity index (χ0n) is 28.2. The lowest BCUT2D eigenvalue weighted by Gasteiger charge is -2.34. The van der Waals surface area contributed by atoms with Crippen LogP contribution in [0.4, 0.5) is 11.4 Å². The average Bonchev–Trinajstić information content (AvgIpc) is 2.91. The smallest absolute Gasteiger partial charge is 0.338 e. The molecule has 0 radical (unpaired) electrons. The number of allylic oxidation sites excluding steroid dienone is 2. The van der Waals surface area contributed by atoms with Crippen LogP contribution in [-0.2, 0) is 27.6 Å². The highest BCUT2D eigenvalue weighted by molar-refractivity contribution is 5.90. The molecule has 43 heavy (non-hydrogen) atoms. The number of anilines is 2. The van der Waals surface area contributed by atoms with Gasteiger partial charge in [0, 0.05) is 5.69 Å². The first kappa shape index (κ1) is 32.4. The van der Waals surface area contributed by atoms with Gasteiger partial charge in [0.2, 0.25) is 0 Å². The molecule has 0 aromatic heterocycles. The van der Waals surface area contributed by atoms with Gasteiger partial charge in [-0.2, -0.15) is 0 Å². The summed E-state index contributed by atoms with van der Waals surface area (Å²) in [5, 5.41) is 3.61. The van der Waals surface area contributed by atoms with Gasteiger partial charge in [-0.3, -0.25) is 0 Å². The number of benzene rings is 3. The molecule has 3 aromatic rings. The Balaban J connectivity index is 1.76. The molecule has 1 N–H and O–H groups in total. The predicted octanol–water partition coefficient (Wildman–Crippen LogP) is 10.5. The summed E-state index contributed by atoms with van der Waals surface area (Å²) in [4.78, 5) is 12.2. The van der Waals surface area contributed by atoms with Crippen molar-refractivity contribution in [1.82, 2.24) is 0 Å². The SMILES string of the molecule is CCOC(=O)c1ccc(Nc2cc3c(cc2OCc2cc(C(C)(C)C)cc(C(C)(C)C)c2)C(C)(C)CC=C3C(C)C)cc1. The Morgan fingerprint density at radius 1 is 0.907 bits per heavy atom. The lowest BCUT2D eigenvalue weighted by Crippen LogP contribution is -2.23. The van der Waals surface area contributed by atoms with E-state index in [0.29, 0.717) is 24.7 Å². The van der Waals surface area contributed by atoms with Crippen molar-refractivity contribution in [2.45, 2.75) is 105 Å². The minimum Gasteiger partial charge on any atom is -0.487 e. The lowest BCUT2D eigenvalue weighted by atomic mass is 9.71. The lowest BCUT2D eigenvalue weighted by molar-refractivity contribution is 0.0526. The van der Waals surface area contributed by atoms with Gasteiger partial charge >= 0.3 is 5.97 Å². The van der Waals surface area contributed by atoms with E-state index in [-0.39, 0.29) is 22.2 Å².